The minimum atomic E-state index is 0.114. The van der Waals surface area contributed by atoms with Crippen LogP contribution >= 0.6 is 0 Å². The summed E-state index contributed by atoms with van der Waals surface area (Å²) in [5, 5.41) is 0. The summed E-state index contributed by atoms with van der Waals surface area (Å²) in [6.45, 7) is 0.577. The number of hydrogen-bond donors (Lipinski definition) is 0. The van der Waals surface area contributed by atoms with Gasteiger partial charge in [0.2, 0.25) is 5.91 Å². The number of anilines is 2. The maximum atomic E-state index is 13.8. The van der Waals surface area contributed by atoms with Gasteiger partial charge in [-0.15, -0.1) is 0 Å². The first-order valence-electron chi connectivity index (χ1n) is 13.4. The fourth-order valence-corrected chi connectivity index (χ4v) is 5.29. The van der Waals surface area contributed by atoms with E-state index < -0.39 is 0 Å². The number of carbonyl (C=O) groups excluding carboxylic acids is 1. The van der Waals surface area contributed by atoms with Crippen LogP contribution in [0.5, 0.6) is 0 Å². The highest BCUT2D eigenvalue weighted by Gasteiger charge is 2.27. The molecule has 188 valence electrons. The van der Waals surface area contributed by atoms with Crippen LogP contribution in [-0.4, -0.2) is 20.0 Å². The Kier molecular flexibility index (Phi) is 7.70. The molecular weight excluding hydrogens is 452 g/mol. The average Bonchev–Trinajstić information content (AvgIpc) is 2.97. The lowest BCUT2D eigenvalue weighted by Gasteiger charge is -2.30. The Morgan fingerprint density at radius 3 is 1.89 bits per heavy atom. The molecule has 1 aliphatic carbocycles. The highest BCUT2D eigenvalue weighted by Crippen LogP contribution is 2.31. The number of hydrogen-bond acceptors (Lipinski definition) is 2. The number of rotatable bonds is 7. The Labute approximate surface area is 221 Å². The molecule has 37 heavy (non-hydrogen) atoms. The molecule has 0 radical (unpaired) electrons. The molecule has 4 aromatic rings. The normalized spacial score (nSPS) is 13.8. The predicted molar refractivity (Wildman–Crippen MR) is 156 cm³/mol. The van der Waals surface area contributed by atoms with Crippen molar-refractivity contribution in [3.05, 3.63) is 109 Å². The van der Waals surface area contributed by atoms with E-state index in [2.05, 4.69) is 116 Å². The minimum Gasteiger partial charge on any atom is -0.378 e. The van der Waals surface area contributed by atoms with Gasteiger partial charge in [-0.2, -0.15) is 0 Å². The largest absolute Gasteiger partial charge is 0.378 e. The second-order valence-corrected chi connectivity index (χ2v) is 10.3. The summed E-state index contributed by atoms with van der Waals surface area (Å²) in [6, 6.07) is 36.1. The van der Waals surface area contributed by atoms with Crippen molar-refractivity contribution < 1.29 is 4.79 Å². The molecule has 3 nitrogen and oxygen atoms in total. The first-order chi connectivity index (χ1) is 18.1. The second-order valence-electron chi connectivity index (χ2n) is 10.3. The van der Waals surface area contributed by atoms with Crippen molar-refractivity contribution in [3.63, 3.8) is 0 Å². The zero-order valence-electron chi connectivity index (χ0n) is 21.9. The van der Waals surface area contributed by atoms with E-state index in [4.69, 9.17) is 0 Å². The van der Waals surface area contributed by atoms with Gasteiger partial charge in [0.05, 0.1) is 6.54 Å². The van der Waals surface area contributed by atoms with Gasteiger partial charge in [0.15, 0.2) is 0 Å². The van der Waals surface area contributed by atoms with E-state index in [-0.39, 0.29) is 11.8 Å². The maximum Gasteiger partial charge on any atom is 0.230 e. The number of amides is 1. The number of carbonyl (C=O) groups is 1. The number of nitrogens with zero attached hydrogens (tertiary/aromatic N) is 2. The van der Waals surface area contributed by atoms with Crippen molar-refractivity contribution in [2.75, 3.05) is 23.9 Å². The van der Waals surface area contributed by atoms with E-state index in [9.17, 15) is 4.79 Å². The van der Waals surface area contributed by atoms with Gasteiger partial charge < -0.3 is 9.80 Å². The van der Waals surface area contributed by atoms with Crippen LogP contribution in [0.4, 0.5) is 11.4 Å². The SMILES string of the molecule is CN(C)c1ccc(-c2ccc(CN(C(=O)C3CCCCC3)c3cccc(-c4ccccc4)c3)cc2)cc1. The predicted octanol–water partition coefficient (Wildman–Crippen LogP) is 8.20. The van der Waals surface area contributed by atoms with Crippen LogP contribution in [0.3, 0.4) is 0 Å². The molecule has 5 rings (SSSR count). The summed E-state index contributed by atoms with van der Waals surface area (Å²) in [6.07, 6.45) is 5.53. The standard InChI is InChI=1S/C34H36N2O/c1-35(2)32-22-20-29(21-23-32)28-18-16-26(17-19-28)25-36(34(37)30-12-7-4-8-13-30)33-15-9-14-31(24-33)27-10-5-3-6-11-27/h3,5-6,9-11,14-24,30H,4,7-8,12-13,25H2,1-2H3. The van der Waals surface area contributed by atoms with Gasteiger partial charge in [-0.25, -0.2) is 0 Å². The molecule has 1 amide bonds. The second kappa shape index (κ2) is 11.5. The molecule has 3 heteroatoms. The first-order valence-corrected chi connectivity index (χ1v) is 13.4. The fourth-order valence-electron chi connectivity index (χ4n) is 5.29. The van der Waals surface area contributed by atoms with E-state index in [1.54, 1.807) is 0 Å². The summed E-state index contributed by atoms with van der Waals surface area (Å²) in [5.74, 6) is 0.372. The topological polar surface area (TPSA) is 23.6 Å². The van der Waals surface area contributed by atoms with Crippen LogP contribution in [0, 0.1) is 5.92 Å². The van der Waals surface area contributed by atoms with E-state index >= 15 is 0 Å². The van der Waals surface area contributed by atoms with Crippen LogP contribution in [0.15, 0.2) is 103 Å². The molecule has 1 fully saturated rings. The van der Waals surface area contributed by atoms with Gasteiger partial charge in [0.25, 0.3) is 0 Å². The summed E-state index contributed by atoms with van der Waals surface area (Å²) in [7, 11) is 4.11. The lowest BCUT2D eigenvalue weighted by Crippen LogP contribution is -2.36. The Morgan fingerprint density at radius 2 is 1.24 bits per heavy atom. The quantitative estimate of drug-likeness (QED) is 0.262. The molecule has 0 saturated heterocycles. The summed E-state index contributed by atoms with van der Waals surface area (Å²) >= 11 is 0. The molecule has 0 aromatic heterocycles. The van der Waals surface area contributed by atoms with Gasteiger partial charge in [0, 0.05) is 31.4 Å². The minimum absolute atomic E-state index is 0.114. The van der Waals surface area contributed by atoms with Crippen molar-refractivity contribution in [2.45, 2.75) is 38.6 Å². The zero-order chi connectivity index (χ0) is 25.6. The molecule has 0 N–H and O–H groups in total. The smallest absolute Gasteiger partial charge is 0.230 e. The van der Waals surface area contributed by atoms with Crippen molar-refractivity contribution >= 4 is 17.3 Å². The number of benzene rings is 4. The highest BCUT2D eigenvalue weighted by molar-refractivity contribution is 5.95. The van der Waals surface area contributed by atoms with Crippen LogP contribution in [0.25, 0.3) is 22.3 Å². The molecule has 0 spiro atoms. The van der Waals surface area contributed by atoms with Gasteiger partial charge >= 0.3 is 0 Å². The molecule has 4 aromatic carbocycles. The first kappa shape index (κ1) is 24.8. The van der Waals surface area contributed by atoms with Gasteiger partial charge in [-0.05, 0) is 64.9 Å². The van der Waals surface area contributed by atoms with Gasteiger partial charge in [0.1, 0.15) is 0 Å². The summed E-state index contributed by atoms with van der Waals surface area (Å²) < 4.78 is 0. The van der Waals surface area contributed by atoms with E-state index in [1.807, 2.05) is 11.0 Å². The molecule has 0 aliphatic heterocycles. The van der Waals surface area contributed by atoms with Gasteiger partial charge in [-0.3, -0.25) is 4.79 Å². The van der Waals surface area contributed by atoms with E-state index in [0.717, 1.165) is 42.5 Å². The highest BCUT2D eigenvalue weighted by atomic mass is 16.2. The fraction of sp³-hybridized carbons (Fsp3) is 0.265. The van der Waals surface area contributed by atoms with Crippen LogP contribution in [0.1, 0.15) is 37.7 Å². The molecule has 0 unspecified atom stereocenters. The third kappa shape index (κ3) is 5.94. The van der Waals surface area contributed by atoms with Crippen molar-refractivity contribution in [2.24, 2.45) is 5.92 Å². The Morgan fingerprint density at radius 1 is 0.649 bits per heavy atom. The molecule has 1 aliphatic rings. The van der Waals surface area contributed by atoms with Crippen molar-refractivity contribution in [3.8, 4) is 22.3 Å². The molecule has 0 atom stereocenters. The van der Waals surface area contributed by atoms with Gasteiger partial charge in [-0.1, -0.05) is 98.1 Å². The van der Waals surface area contributed by atoms with E-state index in [0.29, 0.717) is 6.54 Å². The Hall–Kier alpha value is -3.85. The third-order valence-electron chi connectivity index (χ3n) is 7.50. The monoisotopic (exact) mass is 488 g/mol. The third-order valence-corrected chi connectivity index (χ3v) is 7.50. The van der Waals surface area contributed by atoms with Crippen LogP contribution in [0.2, 0.25) is 0 Å². The van der Waals surface area contributed by atoms with Crippen LogP contribution < -0.4 is 9.80 Å². The average molecular weight is 489 g/mol. The van der Waals surface area contributed by atoms with Crippen molar-refractivity contribution in [1.29, 1.82) is 0 Å². The zero-order valence-corrected chi connectivity index (χ0v) is 21.9. The van der Waals surface area contributed by atoms with Crippen molar-refractivity contribution in [1.82, 2.24) is 0 Å². The van der Waals surface area contributed by atoms with Crippen LogP contribution in [-0.2, 0) is 11.3 Å². The maximum absolute atomic E-state index is 13.8. The molecule has 0 bridgehead atoms. The summed E-state index contributed by atoms with van der Waals surface area (Å²) in [5.41, 5.74) is 7.99. The summed E-state index contributed by atoms with van der Waals surface area (Å²) in [4.78, 5) is 18.0. The lowest BCUT2D eigenvalue weighted by molar-refractivity contribution is -0.123. The Balaban J connectivity index is 1.42. The molecular formula is C34H36N2O. The lowest BCUT2D eigenvalue weighted by atomic mass is 9.88. The van der Waals surface area contributed by atoms with E-state index in [1.165, 1.54) is 28.8 Å². The molecule has 0 heterocycles. The molecule has 1 saturated carbocycles. The Bertz CT molecular complexity index is 1300.